The van der Waals surface area contributed by atoms with Crippen LogP contribution in [0.3, 0.4) is 0 Å². The second-order valence-corrected chi connectivity index (χ2v) is 34.7. The van der Waals surface area contributed by atoms with E-state index >= 15 is 0 Å². The van der Waals surface area contributed by atoms with Gasteiger partial charge in [0.2, 0.25) is 35.4 Å². The highest BCUT2D eigenvalue weighted by molar-refractivity contribution is 8.76. The average molecular weight is 1940 g/mol. The van der Waals surface area contributed by atoms with Crippen LogP contribution in [0.15, 0.2) is 59.8 Å². The fourth-order valence-corrected chi connectivity index (χ4v) is 15.3. The first-order valence-corrected chi connectivity index (χ1v) is 47.8. The highest BCUT2D eigenvalue weighted by Crippen LogP contribution is 2.32. The van der Waals surface area contributed by atoms with Gasteiger partial charge in [0.1, 0.15) is 43.5 Å². The molecule has 11 N–H and O–H groups in total. The quantitative estimate of drug-likeness (QED) is 0.0117. The molecule has 10 unspecified atom stereocenters. The van der Waals surface area contributed by atoms with Gasteiger partial charge in [-0.3, -0.25) is 52.8 Å². The molecule has 18 atom stereocenters. The lowest BCUT2D eigenvalue weighted by Crippen LogP contribution is -2.59. The number of ether oxygens (including phenoxy) is 14. The number of aromatic nitrogens is 1. The number of carboxylic acids is 1. The SMILES string of the molecule is CCC(CO)OC(CO)OC.CCC(CO)OC(COC(=O)CCCC(=O)NCC(=O)OC(c1ccccc1)[C@@H](C)NC(=O)[C@H](C)[C@@H](OC)[C@@H]1CCCN1C(=O)C[C@@H](OC)[C@H]([C@@H](C)CC)N(C)C(=O)C(NC(=O)[C@H](C(C)C)N(C)C)C(C)C)OC.CCC(CO)OC(COC(=O)CCCC(=O)NCCSSc1ccccn1)OC.CCC(CO)OC(COC(=O)NCCC(=O)O)OC. The molecule has 40 nitrogen and oxygen atoms in total. The predicted octanol–water partition coefficient (Wildman–Crippen LogP) is 6.11. The van der Waals surface area contributed by atoms with E-state index in [-0.39, 0.29) is 164 Å². The Bertz CT molecular complexity index is 3470. The molecule has 3 rings (SSSR count). The molecule has 133 heavy (non-hydrogen) atoms. The molecule has 766 valence electrons. The number of carbonyl (C=O) groups is 11. The van der Waals surface area contributed by atoms with Crippen LogP contribution in [0, 0.1) is 23.7 Å². The molecular formula is C91H159N9O31S2. The number of likely N-dealkylation sites (N-methyl/N-ethyl adjacent to an activating group) is 2. The van der Waals surface area contributed by atoms with Crippen molar-refractivity contribution in [3.05, 3.63) is 60.3 Å². The summed E-state index contributed by atoms with van der Waals surface area (Å²) < 4.78 is 74.4. The van der Waals surface area contributed by atoms with Gasteiger partial charge in [-0.2, -0.15) is 0 Å². The molecule has 0 radical (unpaired) electrons. The summed E-state index contributed by atoms with van der Waals surface area (Å²) >= 11 is 0. The summed E-state index contributed by atoms with van der Waals surface area (Å²) in [5.74, 6) is -4.69. The fourth-order valence-electron chi connectivity index (χ4n) is 13.5. The number of hydrogen-bond donors (Lipinski definition) is 11. The Morgan fingerprint density at radius 3 is 1.48 bits per heavy atom. The van der Waals surface area contributed by atoms with E-state index in [1.54, 1.807) is 88.8 Å². The van der Waals surface area contributed by atoms with Gasteiger partial charge in [0.15, 0.2) is 25.2 Å². The minimum atomic E-state index is -1.01. The number of carboxylic acid groups (broad SMARTS) is 1. The number of carbonyl (C=O) groups excluding carboxylic acids is 10. The molecule has 1 aliphatic heterocycles. The number of aliphatic hydroxyl groups excluding tert-OH is 5. The number of pyridine rings is 1. The number of nitrogens with zero attached hydrogens (tertiary/aromatic N) is 4. The summed E-state index contributed by atoms with van der Waals surface area (Å²) in [5.41, 5.74) is 0.606. The van der Waals surface area contributed by atoms with Crippen LogP contribution >= 0.6 is 21.6 Å². The van der Waals surface area contributed by atoms with Crippen molar-refractivity contribution < 1.29 is 150 Å². The van der Waals surface area contributed by atoms with Gasteiger partial charge in [-0.25, -0.2) is 9.78 Å². The van der Waals surface area contributed by atoms with Gasteiger partial charge in [0, 0.05) is 107 Å². The second kappa shape index (κ2) is 74.6. The minimum absolute atomic E-state index is 0.0105. The first kappa shape index (κ1) is 125. The molecule has 0 saturated carbocycles. The van der Waals surface area contributed by atoms with Crippen LogP contribution in [0.1, 0.15) is 191 Å². The van der Waals surface area contributed by atoms with Crippen molar-refractivity contribution in [1.82, 2.24) is 46.3 Å². The number of methoxy groups -OCH3 is 6. The molecule has 0 bridgehead atoms. The lowest BCUT2D eigenvalue weighted by Gasteiger charge is -2.41. The van der Waals surface area contributed by atoms with Crippen molar-refractivity contribution >= 4 is 87.0 Å². The molecule has 1 saturated heterocycles. The van der Waals surface area contributed by atoms with Crippen molar-refractivity contribution in [3.63, 3.8) is 0 Å². The molecule has 0 aliphatic carbocycles. The Hall–Kier alpha value is -7.60. The van der Waals surface area contributed by atoms with Gasteiger partial charge in [-0.15, -0.1) is 0 Å². The Morgan fingerprint density at radius 1 is 0.541 bits per heavy atom. The summed E-state index contributed by atoms with van der Waals surface area (Å²) in [4.78, 5) is 149. The van der Waals surface area contributed by atoms with Gasteiger partial charge in [0.25, 0.3) is 0 Å². The number of aliphatic hydroxyl groups is 5. The number of hydrogen-bond acceptors (Lipinski definition) is 34. The number of amides is 7. The zero-order valence-electron chi connectivity index (χ0n) is 82.0. The highest BCUT2D eigenvalue weighted by Gasteiger charge is 2.44. The van der Waals surface area contributed by atoms with Crippen LogP contribution < -0.4 is 26.6 Å². The van der Waals surface area contributed by atoms with Gasteiger partial charge in [0.05, 0.1) is 113 Å². The van der Waals surface area contributed by atoms with Crippen molar-refractivity contribution in [3.8, 4) is 0 Å². The third-order valence-corrected chi connectivity index (χ3v) is 23.6. The summed E-state index contributed by atoms with van der Waals surface area (Å²) in [7, 11) is 17.3. The van der Waals surface area contributed by atoms with Crippen molar-refractivity contribution in [2.45, 2.75) is 283 Å². The molecule has 1 aliphatic rings. The van der Waals surface area contributed by atoms with E-state index < -0.39 is 134 Å². The van der Waals surface area contributed by atoms with Crippen LogP contribution in [-0.4, -0.2) is 356 Å². The van der Waals surface area contributed by atoms with Gasteiger partial charge < -0.3 is 133 Å². The van der Waals surface area contributed by atoms with Crippen LogP contribution in [0.4, 0.5) is 4.79 Å². The van der Waals surface area contributed by atoms with E-state index in [0.717, 1.165) is 10.8 Å². The third-order valence-electron chi connectivity index (χ3n) is 21.4. The number of esters is 3. The Morgan fingerprint density at radius 2 is 1.05 bits per heavy atom. The molecule has 1 aromatic carbocycles. The number of rotatable bonds is 66. The third kappa shape index (κ3) is 52.5. The molecular weight excluding hydrogens is 1780 g/mol. The maximum Gasteiger partial charge on any atom is 0.407 e. The summed E-state index contributed by atoms with van der Waals surface area (Å²) in [6.45, 7) is 22.1. The highest BCUT2D eigenvalue weighted by atomic mass is 33.1. The number of alkyl carbamates (subject to hydrolysis) is 1. The molecule has 7 amide bonds. The second-order valence-electron chi connectivity index (χ2n) is 32.3. The van der Waals surface area contributed by atoms with Gasteiger partial charge in [-0.1, -0.05) is 130 Å². The molecule has 42 heteroatoms. The number of benzene rings is 1. The Kier molecular flexibility index (Phi) is 70.3. The predicted molar refractivity (Wildman–Crippen MR) is 497 cm³/mol. The average Bonchev–Trinajstić information content (AvgIpc) is 1.79. The summed E-state index contributed by atoms with van der Waals surface area (Å²) in [6, 6.07) is 11.7. The number of aliphatic carboxylic acids is 1. The normalized spacial score (nSPS) is 16.3. The number of nitrogens with one attached hydrogen (secondary N) is 5. The maximum absolute atomic E-state index is 14.5. The Balaban J connectivity index is 0.00000236. The smallest absolute Gasteiger partial charge is 0.407 e. The standard InChI is InChI=1S/C54H92N6O14.C19H30N2O6S2.C11H21NO7.C7H16O4/c1-16-35(7)49(59(12)54(68)47(33(3)4)57-53(67)48(34(5)6)58(10)11)41(69-13)29-43(63)60-28-22-25-40(60)50(71-15)36(8)52(66)56-37(9)51(38-23-19-18-20-24-38)74-45(65)30-55-42(62)26-21-27-44(64)72-32-46(70-14)73-39(17-2)31-61;1-3-15(13-22)27-19(25-2)14-26-18(24)9-6-7-16(23)20-11-12-28-29-17-8-4-5-10-21-17;1-3-8(6-13)19-10(17-2)7-18-11(16)12-5-4-9(14)15;1-3-6(4-8)11-7(5-9)10-2/h18-20,23-24,33-37,39-41,46-51,61H,16-17,21-22,25-32H2,1-15H3,(H,55,62)(H,56,66)(H,57,67);4-5,8,10,15,19,22H,3,6-7,9,11-14H2,1-2H3,(H,20,23);8,10,13H,3-7H2,1-2H3,(H,12,16)(H,14,15);6-9H,3-5H2,1-2H3/t35-,36+,37+,39?,40-,41+,46?,47?,48-,49-,50+,51?;;;/m0.../s1. The van der Waals surface area contributed by atoms with Crippen molar-refractivity contribution in [2.24, 2.45) is 23.7 Å². The topological polar surface area (TPSA) is 521 Å². The summed E-state index contributed by atoms with van der Waals surface area (Å²) in [6.07, 6.45) is -0.723. The van der Waals surface area contributed by atoms with Crippen LogP contribution in [-0.2, 0) is 114 Å². The minimum Gasteiger partial charge on any atom is -0.481 e. The van der Waals surface area contributed by atoms with Gasteiger partial charge >= 0.3 is 30.0 Å². The fraction of sp³-hybridized carbons (Fsp3) is 0.758. The molecule has 1 fully saturated rings. The molecule has 2 aromatic rings. The largest absolute Gasteiger partial charge is 0.481 e. The van der Waals surface area contributed by atoms with E-state index in [4.69, 9.17) is 91.8 Å². The van der Waals surface area contributed by atoms with Crippen LogP contribution in [0.5, 0.6) is 0 Å². The van der Waals surface area contributed by atoms with E-state index in [9.17, 15) is 57.8 Å². The monoisotopic (exact) mass is 1940 g/mol. The van der Waals surface area contributed by atoms with Crippen molar-refractivity contribution in [2.75, 3.05) is 149 Å². The first-order valence-electron chi connectivity index (χ1n) is 45.5. The zero-order chi connectivity index (χ0) is 101. The lowest BCUT2D eigenvalue weighted by molar-refractivity contribution is -0.194. The van der Waals surface area contributed by atoms with E-state index in [2.05, 4.69) is 31.6 Å². The molecule has 0 spiro atoms. The Labute approximate surface area is 794 Å². The molecule has 1 aromatic heterocycles. The maximum atomic E-state index is 14.5. The first-order chi connectivity index (χ1) is 63.4. The molecule has 2 heterocycles. The van der Waals surface area contributed by atoms with E-state index in [1.165, 1.54) is 42.7 Å². The van der Waals surface area contributed by atoms with E-state index in [0.29, 0.717) is 70.0 Å². The van der Waals surface area contributed by atoms with Crippen LogP contribution in [0.2, 0.25) is 0 Å². The lowest BCUT2D eigenvalue weighted by atomic mass is 9.89. The number of likely N-dealkylation sites (tertiary alicyclic amines) is 1. The van der Waals surface area contributed by atoms with Gasteiger partial charge in [-0.05, 0) is 119 Å². The van der Waals surface area contributed by atoms with E-state index in [1.807, 2.05) is 106 Å². The zero-order valence-corrected chi connectivity index (χ0v) is 83.7. The van der Waals surface area contributed by atoms with Crippen molar-refractivity contribution in [1.29, 1.82) is 0 Å². The summed E-state index contributed by atoms with van der Waals surface area (Å²) in [5, 5.41) is 67.8. The van der Waals surface area contributed by atoms with Crippen LogP contribution in [0.25, 0.3) is 0 Å².